The summed E-state index contributed by atoms with van der Waals surface area (Å²) in [5, 5.41) is 1.18. The standard InChI is InChI=1S/C18H22N4/c1-11-4-5-14-15(7-11)21-17-16(14)19-10-20-18(17)22-8-12(2)6-13(3)9-22/h4-5,7,10,12-13,21H,6,8-9H2,1-3H3/t12-,13-/m1/s1. The van der Waals surface area contributed by atoms with Gasteiger partial charge in [-0.2, -0.15) is 0 Å². The van der Waals surface area contributed by atoms with Crippen LogP contribution in [0.3, 0.4) is 0 Å². The van der Waals surface area contributed by atoms with Gasteiger partial charge in [0.2, 0.25) is 0 Å². The number of hydrogen-bond acceptors (Lipinski definition) is 3. The third kappa shape index (κ3) is 2.14. The molecule has 22 heavy (non-hydrogen) atoms. The molecule has 2 aromatic heterocycles. The minimum absolute atomic E-state index is 0.709. The van der Waals surface area contributed by atoms with Crippen molar-refractivity contribution in [3.8, 4) is 0 Å². The fourth-order valence-corrected chi connectivity index (χ4v) is 3.87. The normalized spacial score (nSPS) is 22.6. The predicted octanol–water partition coefficient (Wildman–Crippen LogP) is 3.90. The number of piperidine rings is 1. The molecule has 114 valence electrons. The molecule has 1 aliphatic rings. The highest BCUT2D eigenvalue weighted by Gasteiger charge is 2.25. The third-order valence-electron chi connectivity index (χ3n) is 4.69. The van der Waals surface area contributed by atoms with Crippen molar-refractivity contribution >= 4 is 27.8 Å². The molecule has 4 rings (SSSR count). The lowest BCUT2D eigenvalue weighted by Gasteiger charge is -2.35. The van der Waals surface area contributed by atoms with Crippen LogP contribution in [0.2, 0.25) is 0 Å². The van der Waals surface area contributed by atoms with Crippen LogP contribution in [-0.2, 0) is 0 Å². The Morgan fingerprint density at radius 3 is 2.68 bits per heavy atom. The van der Waals surface area contributed by atoms with E-state index in [0.29, 0.717) is 11.8 Å². The van der Waals surface area contributed by atoms with Gasteiger partial charge in [-0.3, -0.25) is 0 Å². The number of fused-ring (bicyclic) bond motifs is 3. The second kappa shape index (κ2) is 4.97. The molecular weight excluding hydrogens is 272 g/mol. The molecule has 1 aromatic carbocycles. The van der Waals surface area contributed by atoms with Crippen LogP contribution < -0.4 is 4.90 Å². The number of anilines is 1. The maximum absolute atomic E-state index is 4.60. The van der Waals surface area contributed by atoms with E-state index >= 15 is 0 Å². The van der Waals surface area contributed by atoms with Crippen LogP contribution >= 0.6 is 0 Å². The zero-order chi connectivity index (χ0) is 15.3. The Kier molecular flexibility index (Phi) is 3.06. The average molecular weight is 294 g/mol. The van der Waals surface area contributed by atoms with E-state index in [-0.39, 0.29) is 0 Å². The summed E-state index contributed by atoms with van der Waals surface area (Å²) in [6.07, 6.45) is 3.01. The van der Waals surface area contributed by atoms with Gasteiger partial charge in [0.05, 0.1) is 0 Å². The van der Waals surface area contributed by atoms with Crippen molar-refractivity contribution in [1.82, 2.24) is 15.0 Å². The van der Waals surface area contributed by atoms with Gasteiger partial charge >= 0.3 is 0 Å². The Labute approximate surface area is 130 Å². The molecule has 0 spiro atoms. The fourth-order valence-electron chi connectivity index (χ4n) is 3.87. The molecule has 0 amide bonds. The van der Waals surface area contributed by atoms with Gasteiger partial charge in [-0.15, -0.1) is 0 Å². The number of aromatic nitrogens is 3. The number of benzene rings is 1. The van der Waals surface area contributed by atoms with Crippen LogP contribution in [-0.4, -0.2) is 28.0 Å². The highest BCUT2D eigenvalue weighted by molar-refractivity contribution is 6.08. The second-order valence-electron chi connectivity index (χ2n) is 6.95. The van der Waals surface area contributed by atoms with Crippen molar-refractivity contribution in [3.05, 3.63) is 30.1 Å². The van der Waals surface area contributed by atoms with E-state index in [1.165, 1.54) is 17.4 Å². The fraction of sp³-hybridized carbons (Fsp3) is 0.444. The summed E-state index contributed by atoms with van der Waals surface area (Å²) in [4.78, 5) is 15.1. The van der Waals surface area contributed by atoms with Crippen LogP contribution in [0.5, 0.6) is 0 Å². The molecule has 0 radical (unpaired) electrons. The lowest BCUT2D eigenvalue weighted by atomic mass is 9.92. The van der Waals surface area contributed by atoms with E-state index in [1.807, 2.05) is 0 Å². The zero-order valence-corrected chi connectivity index (χ0v) is 13.4. The topological polar surface area (TPSA) is 44.8 Å². The van der Waals surface area contributed by atoms with Crippen LogP contribution in [0.25, 0.3) is 21.9 Å². The lowest BCUT2D eigenvalue weighted by Crippen LogP contribution is -2.39. The van der Waals surface area contributed by atoms with Gasteiger partial charge in [0.15, 0.2) is 5.82 Å². The van der Waals surface area contributed by atoms with Gasteiger partial charge in [0.25, 0.3) is 0 Å². The molecular formula is C18H22N4. The summed E-state index contributed by atoms with van der Waals surface area (Å²) < 4.78 is 0. The number of nitrogens with one attached hydrogen (secondary N) is 1. The van der Waals surface area contributed by atoms with Crippen molar-refractivity contribution in [2.24, 2.45) is 11.8 Å². The number of nitrogens with zero attached hydrogens (tertiary/aromatic N) is 3. The monoisotopic (exact) mass is 294 g/mol. The number of aryl methyl sites for hydroxylation is 1. The summed E-state index contributed by atoms with van der Waals surface area (Å²) in [6.45, 7) is 8.92. The first kappa shape index (κ1) is 13.6. The minimum Gasteiger partial charge on any atom is -0.354 e. The Hall–Kier alpha value is -2.10. The number of hydrogen-bond donors (Lipinski definition) is 1. The highest BCUT2D eigenvalue weighted by Crippen LogP contribution is 2.32. The van der Waals surface area contributed by atoms with Crippen LogP contribution in [0.15, 0.2) is 24.5 Å². The van der Waals surface area contributed by atoms with Gasteiger partial charge in [-0.25, -0.2) is 9.97 Å². The van der Waals surface area contributed by atoms with E-state index in [1.54, 1.807) is 6.33 Å². The van der Waals surface area contributed by atoms with Gasteiger partial charge in [0, 0.05) is 24.0 Å². The Balaban J connectivity index is 1.89. The molecule has 1 N–H and O–H groups in total. The van der Waals surface area contributed by atoms with Crippen LogP contribution in [0.4, 0.5) is 5.82 Å². The zero-order valence-electron chi connectivity index (χ0n) is 13.4. The van der Waals surface area contributed by atoms with Crippen molar-refractivity contribution < 1.29 is 0 Å². The number of aromatic amines is 1. The largest absolute Gasteiger partial charge is 0.354 e. The third-order valence-corrected chi connectivity index (χ3v) is 4.69. The minimum atomic E-state index is 0.709. The quantitative estimate of drug-likeness (QED) is 0.740. The summed E-state index contributed by atoms with van der Waals surface area (Å²) >= 11 is 0. The SMILES string of the molecule is Cc1ccc2c(c1)[nH]c1c(N3C[C@H](C)C[C@@H](C)C3)ncnc12. The van der Waals surface area contributed by atoms with Gasteiger partial charge in [-0.1, -0.05) is 26.0 Å². The molecule has 0 saturated carbocycles. The van der Waals surface area contributed by atoms with E-state index in [2.05, 4.69) is 58.8 Å². The number of H-pyrrole nitrogens is 1. The lowest BCUT2D eigenvalue weighted by molar-refractivity contribution is 0.356. The Morgan fingerprint density at radius 2 is 1.91 bits per heavy atom. The molecule has 3 heterocycles. The second-order valence-corrected chi connectivity index (χ2v) is 6.95. The van der Waals surface area contributed by atoms with Gasteiger partial charge < -0.3 is 9.88 Å². The maximum Gasteiger partial charge on any atom is 0.156 e. The first-order valence-electron chi connectivity index (χ1n) is 8.10. The summed E-state index contributed by atoms with van der Waals surface area (Å²) in [7, 11) is 0. The summed E-state index contributed by atoms with van der Waals surface area (Å²) in [5.74, 6) is 2.47. The predicted molar refractivity (Wildman–Crippen MR) is 91.3 cm³/mol. The van der Waals surface area contributed by atoms with Crippen molar-refractivity contribution in [2.45, 2.75) is 27.2 Å². The Bertz CT molecular complexity index is 826. The van der Waals surface area contributed by atoms with Gasteiger partial charge in [-0.05, 0) is 36.8 Å². The number of rotatable bonds is 1. The molecule has 1 saturated heterocycles. The average Bonchev–Trinajstić information content (AvgIpc) is 2.83. The molecule has 0 bridgehead atoms. The van der Waals surface area contributed by atoms with Crippen LogP contribution in [0, 0.1) is 18.8 Å². The summed E-state index contributed by atoms with van der Waals surface area (Å²) in [6, 6.07) is 6.48. The van der Waals surface area contributed by atoms with E-state index in [9.17, 15) is 0 Å². The molecule has 0 unspecified atom stereocenters. The van der Waals surface area contributed by atoms with Crippen molar-refractivity contribution in [2.75, 3.05) is 18.0 Å². The molecule has 1 fully saturated rings. The molecule has 1 aliphatic heterocycles. The molecule has 0 aliphatic carbocycles. The Morgan fingerprint density at radius 1 is 1.14 bits per heavy atom. The van der Waals surface area contributed by atoms with E-state index in [4.69, 9.17) is 0 Å². The molecule has 3 aromatic rings. The van der Waals surface area contributed by atoms with Crippen molar-refractivity contribution in [3.63, 3.8) is 0 Å². The summed E-state index contributed by atoms with van der Waals surface area (Å²) in [5.41, 5.74) is 4.51. The molecule has 2 atom stereocenters. The maximum atomic E-state index is 4.60. The first-order valence-corrected chi connectivity index (χ1v) is 8.10. The van der Waals surface area contributed by atoms with Crippen LogP contribution in [0.1, 0.15) is 25.8 Å². The molecule has 4 nitrogen and oxygen atoms in total. The highest BCUT2D eigenvalue weighted by atomic mass is 15.2. The van der Waals surface area contributed by atoms with E-state index < -0.39 is 0 Å². The molecule has 4 heteroatoms. The van der Waals surface area contributed by atoms with E-state index in [0.717, 1.165) is 35.5 Å². The first-order chi connectivity index (χ1) is 10.6. The van der Waals surface area contributed by atoms with Crippen molar-refractivity contribution in [1.29, 1.82) is 0 Å². The smallest absolute Gasteiger partial charge is 0.156 e. The van der Waals surface area contributed by atoms with Gasteiger partial charge in [0.1, 0.15) is 17.4 Å².